The second-order valence-corrected chi connectivity index (χ2v) is 21.1. The molecule has 1 amide bonds. The highest BCUT2D eigenvalue weighted by Gasteiger charge is 2.48. The van der Waals surface area contributed by atoms with Gasteiger partial charge in [-0.15, -0.1) is 11.8 Å². The topological polar surface area (TPSA) is 146 Å². The zero-order valence-electron chi connectivity index (χ0n) is 34.5. The molecular formula is C45H51ClF3N5O6S3. The lowest BCUT2D eigenvalue weighted by atomic mass is 9.96. The van der Waals surface area contributed by atoms with Crippen molar-refractivity contribution in [3.8, 4) is 0 Å². The number of thioether (sulfide) groups is 1. The monoisotopic (exact) mass is 945 g/mol. The molecule has 2 fully saturated rings. The fraction of sp³-hybridized carbons (Fsp3) is 0.400. The number of sulfonamides is 1. The number of nitrogens with one attached hydrogen (secondary N) is 4. The minimum atomic E-state index is -6.05. The second kappa shape index (κ2) is 20.8. The van der Waals surface area contributed by atoms with Gasteiger partial charge in [0.2, 0.25) is 0 Å². The van der Waals surface area contributed by atoms with Gasteiger partial charge in [-0.1, -0.05) is 53.9 Å². The number of fused-ring (bicyclic) bond motifs is 2. The van der Waals surface area contributed by atoms with Crippen LogP contribution in [0.3, 0.4) is 0 Å². The van der Waals surface area contributed by atoms with Crippen molar-refractivity contribution in [2.75, 3.05) is 55.7 Å². The summed E-state index contributed by atoms with van der Waals surface area (Å²) in [5, 5.41) is 10.5. The minimum Gasteiger partial charge on any atom is -0.384 e. The first-order valence-corrected chi connectivity index (χ1v) is 25.3. The zero-order chi connectivity index (χ0) is 44.6. The number of rotatable bonds is 19. The van der Waals surface area contributed by atoms with E-state index in [0.29, 0.717) is 55.2 Å². The van der Waals surface area contributed by atoms with Crippen LogP contribution in [0, 0.1) is 0 Å². The van der Waals surface area contributed by atoms with E-state index in [2.05, 4.69) is 33.0 Å². The summed E-state index contributed by atoms with van der Waals surface area (Å²) in [6.07, 6.45) is 7.04. The third kappa shape index (κ3) is 12.2. The van der Waals surface area contributed by atoms with Crippen LogP contribution in [0.4, 0.5) is 24.5 Å². The fourth-order valence-electron chi connectivity index (χ4n) is 8.19. The van der Waals surface area contributed by atoms with E-state index in [1.807, 2.05) is 47.2 Å². The summed E-state index contributed by atoms with van der Waals surface area (Å²) in [5.41, 5.74) is -1.54. The van der Waals surface area contributed by atoms with Crippen LogP contribution in [0.5, 0.6) is 0 Å². The summed E-state index contributed by atoms with van der Waals surface area (Å²) in [6, 6.07) is 25.6. The number of amides is 1. The van der Waals surface area contributed by atoms with Crippen LogP contribution in [0.2, 0.25) is 5.02 Å². The summed E-state index contributed by atoms with van der Waals surface area (Å²) < 4.78 is 103. The molecule has 2 heterocycles. The van der Waals surface area contributed by atoms with Gasteiger partial charge in [0, 0.05) is 71.7 Å². The maximum atomic E-state index is 14.2. The third-order valence-corrected chi connectivity index (χ3v) is 15.8. The fourth-order valence-corrected chi connectivity index (χ4v) is 11.3. The summed E-state index contributed by atoms with van der Waals surface area (Å²) in [6.45, 7) is 3.91. The lowest BCUT2D eigenvalue weighted by molar-refractivity contribution is -0.0435. The van der Waals surface area contributed by atoms with Crippen LogP contribution < -0.4 is 20.7 Å². The number of carbonyl (C=O) groups is 1. The first kappa shape index (κ1) is 46.9. The Bertz CT molecular complexity index is 2460. The first-order valence-electron chi connectivity index (χ1n) is 21.0. The molecule has 0 spiro atoms. The van der Waals surface area contributed by atoms with E-state index in [1.54, 1.807) is 12.1 Å². The number of likely N-dealkylation sites (tertiary alicyclic amines) is 1. The number of halogens is 4. The van der Waals surface area contributed by atoms with Gasteiger partial charge in [-0.25, -0.2) is 21.6 Å². The van der Waals surface area contributed by atoms with E-state index in [4.69, 9.17) is 16.3 Å². The highest BCUT2D eigenvalue weighted by atomic mass is 35.5. The standard InChI is InChI=1S/C45H51ClF3N5O6S3/c46-34-15-11-31(12-16-34)41-10-6-1-3-7-33(41)27-50-22-23-51-35-17-13-32(14-18-35)44(55)53-63(58,59)40-19-20-42(43(26-40)62(56,57)45(47,48)49)52-36(30-61-39-8-4-2-5-9-39)21-24-54-28-38-25-37(54)29-60-38/h2,4-5,8-9,11-20,26,36-38,50-52H,1,3,6-7,10,21-25,27-30H2,(H,53,55)/t36-,37?,38?/m1/s1. The Morgan fingerprint density at radius 3 is 2.35 bits per heavy atom. The Morgan fingerprint density at radius 1 is 0.905 bits per heavy atom. The van der Waals surface area contributed by atoms with E-state index in [9.17, 15) is 34.8 Å². The second-order valence-electron chi connectivity index (χ2n) is 16.0. The van der Waals surface area contributed by atoms with Crippen molar-refractivity contribution in [1.29, 1.82) is 0 Å². The van der Waals surface area contributed by atoms with Crippen LogP contribution >= 0.6 is 23.4 Å². The smallest absolute Gasteiger partial charge is 0.384 e. The number of allylic oxidation sites excluding steroid dienone is 1. The number of carbonyl (C=O) groups excluding carboxylic acids is 1. The molecule has 18 heteroatoms. The summed E-state index contributed by atoms with van der Waals surface area (Å²) >= 11 is 7.58. The molecule has 2 saturated heterocycles. The molecule has 3 atom stereocenters. The molecule has 0 saturated carbocycles. The van der Waals surface area contributed by atoms with E-state index in [1.165, 1.54) is 47.0 Å². The minimum absolute atomic E-state index is 0.0322. The highest BCUT2D eigenvalue weighted by Crippen LogP contribution is 2.37. The number of morpholine rings is 1. The van der Waals surface area contributed by atoms with Crippen molar-refractivity contribution in [1.82, 2.24) is 14.9 Å². The van der Waals surface area contributed by atoms with Gasteiger partial charge in [0.1, 0.15) is 4.90 Å². The molecular weight excluding hydrogens is 895 g/mol. The molecule has 3 aliphatic rings. The molecule has 7 rings (SSSR count). The average molecular weight is 947 g/mol. The summed E-state index contributed by atoms with van der Waals surface area (Å²) in [4.78, 5) is 14.3. The van der Waals surface area contributed by atoms with Crippen LogP contribution in [-0.2, 0) is 24.6 Å². The number of nitrogens with zero attached hydrogens (tertiary/aromatic N) is 1. The maximum Gasteiger partial charge on any atom is 0.501 e. The third-order valence-electron chi connectivity index (χ3n) is 11.6. The summed E-state index contributed by atoms with van der Waals surface area (Å²) in [5.74, 6) is -0.668. The van der Waals surface area contributed by atoms with Gasteiger partial charge in [0.05, 0.1) is 23.3 Å². The molecule has 1 aliphatic carbocycles. The first-order chi connectivity index (χ1) is 30.2. The predicted octanol–water partition coefficient (Wildman–Crippen LogP) is 8.61. The van der Waals surface area contributed by atoms with Crippen molar-refractivity contribution in [3.05, 3.63) is 119 Å². The molecule has 338 valence electrons. The van der Waals surface area contributed by atoms with Crippen molar-refractivity contribution >= 4 is 66.1 Å². The van der Waals surface area contributed by atoms with Crippen LogP contribution in [0.15, 0.2) is 117 Å². The summed E-state index contributed by atoms with van der Waals surface area (Å²) in [7, 11) is -10.9. The molecule has 2 aliphatic heterocycles. The van der Waals surface area contributed by atoms with Crippen molar-refractivity contribution < 1.29 is 39.5 Å². The Morgan fingerprint density at radius 2 is 1.65 bits per heavy atom. The molecule has 2 unspecified atom stereocenters. The molecule has 4 N–H and O–H groups in total. The number of alkyl halides is 3. The lowest BCUT2D eigenvalue weighted by Gasteiger charge is -2.29. The van der Waals surface area contributed by atoms with E-state index in [0.717, 1.165) is 62.2 Å². The van der Waals surface area contributed by atoms with Crippen molar-refractivity contribution in [2.45, 2.75) is 83.3 Å². The van der Waals surface area contributed by atoms with Gasteiger partial charge in [-0.05, 0) is 116 Å². The number of benzene rings is 4. The normalized spacial score (nSPS) is 18.9. The quantitative estimate of drug-likeness (QED) is 0.0530. The van der Waals surface area contributed by atoms with Gasteiger partial charge in [-0.3, -0.25) is 9.69 Å². The SMILES string of the molecule is O=C(NS(=O)(=O)c1ccc(N[C@H](CCN2CC3CC2CO3)CSc2ccccc2)c(S(=O)(=O)C(F)(F)F)c1)c1ccc(NCCNCC2=C(c3ccc(Cl)cc3)CCCCC2)cc1. The van der Waals surface area contributed by atoms with E-state index in [-0.39, 0.29) is 17.7 Å². The number of hydrogen-bond donors (Lipinski definition) is 4. The molecule has 2 bridgehead atoms. The number of anilines is 2. The molecule has 4 aromatic rings. The average Bonchev–Trinajstić information content (AvgIpc) is 3.82. The largest absolute Gasteiger partial charge is 0.501 e. The Labute approximate surface area is 376 Å². The van der Waals surface area contributed by atoms with Crippen LogP contribution in [0.1, 0.15) is 60.9 Å². The van der Waals surface area contributed by atoms with Gasteiger partial charge < -0.3 is 20.7 Å². The van der Waals surface area contributed by atoms with Gasteiger partial charge >= 0.3 is 5.51 Å². The Hall–Kier alpha value is -4.10. The van der Waals surface area contributed by atoms with Crippen molar-refractivity contribution in [2.24, 2.45) is 0 Å². The van der Waals surface area contributed by atoms with E-state index < -0.39 is 52.8 Å². The predicted molar refractivity (Wildman–Crippen MR) is 243 cm³/mol. The molecule has 0 aromatic heterocycles. The molecule has 11 nitrogen and oxygen atoms in total. The van der Waals surface area contributed by atoms with E-state index >= 15 is 0 Å². The number of sulfone groups is 1. The molecule has 0 radical (unpaired) electrons. The van der Waals surface area contributed by atoms with Gasteiger partial charge in [0.25, 0.3) is 25.8 Å². The van der Waals surface area contributed by atoms with Crippen molar-refractivity contribution in [3.63, 3.8) is 0 Å². The van der Waals surface area contributed by atoms with Gasteiger partial charge in [0.15, 0.2) is 0 Å². The molecule has 4 aromatic carbocycles. The maximum absolute atomic E-state index is 14.2. The highest BCUT2D eigenvalue weighted by molar-refractivity contribution is 7.99. The van der Waals surface area contributed by atoms with Crippen LogP contribution in [-0.4, -0.2) is 96.4 Å². The van der Waals surface area contributed by atoms with Gasteiger partial charge in [-0.2, -0.15) is 13.2 Å². The Balaban J connectivity index is 0.988. The molecule has 63 heavy (non-hydrogen) atoms. The van der Waals surface area contributed by atoms with Crippen LogP contribution in [0.25, 0.3) is 5.57 Å². The Kier molecular flexibility index (Phi) is 15.5. The lowest BCUT2D eigenvalue weighted by Crippen LogP contribution is -2.40. The number of ether oxygens (including phenoxy) is 1. The number of hydrogen-bond acceptors (Lipinski definition) is 11. The zero-order valence-corrected chi connectivity index (χ0v) is 37.7.